The topological polar surface area (TPSA) is 74.8 Å². The van der Waals surface area contributed by atoms with Crippen LogP contribution in [0, 0.1) is 6.92 Å². The average Bonchev–Trinajstić information content (AvgIpc) is 2.69. The Labute approximate surface area is 158 Å². The van der Waals surface area contributed by atoms with Crippen molar-refractivity contribution >= 4 is 0 Å². The van der Waals surface area contributed by atoms with E-state index < -0.39 is 0 Å². The Balaban J connectivity index is 1.65. The number of likely N-dealkylation sites (tertiary alicyclic amines) is 1. The monoisotopic (exact) mass is 361 g/mol. The van der Waals surface area contributed by atoms with Gasteiger partial charge >= 0.3 is 0 Å². The summed E-state index contributed by atoms with van der Waals surface area (Å²) in [6.45, 7) is 3.76. The molecule has 1 aliphatic rings. The molecule has 4 rings (SSSR count). The van der Waals surface area contributed by atoms with Crippen LogP contribution in [0.4, 0.5) is 0 Å². The van der Waals surface area contributed by atoms with Crippen molar-refractivity contribution < 1.29 is 0 Å². The van der Waals surface area contributed by atoms with Crippen molar-refractivity contribution in [1.82, 2.24) is 24.8 Å². The number of nitrogens with zero attached hydrogens (tertiary/aromatic N) is 4. The molecule has 0 radical (unpaired) electrons. The largest absolute Gasteiger partial charge is 0.306 e. The van der Waals surface area contributed by atoms with Gasteiger partial charge < -0.3 is 4.98 Å². The quantitative estimate of drug-likeness (QED) is 0.772. The summed E-state index contributed by atoms with van der Waals surface area (Å²) in [5.74, 6) is 0.574. The Morgan fingerprint density at radius 1 is 1.19 bits per heavy atom. The van der Waals surface area contributed by atoms with Gasteiger partial charge in [-0.2, -0.15) is 0 Å². The van der Waals surface area contributed by atoms with Gasteiger partial charge in [-0.15, -0.1) is 0 Å². The van der Waals surface area contributed by atoms with Crippen LogP contribution in [0.5, 0.6) is 0 Å². The zero-order valence-corrected chi connectivity index (χ0v) is 15.4. The molecule has 1 saturated heterocycles. The Morgan fingerprint density at radius 3 is 2.93 bits per heavy atom. The molecule has 0 bridgehead atoms. The van der Waals surface area contributed by atoms with Crippen LogP contribution < -0.4 is 5.56 Å². The van der Waals surface area contributed by atoms with Gasteiger partial charge in [0.05, 0.1) is 17.4 Å². The molecular weight excluding hydrogens is 338 g/mol. The SMILES string of the molecule is Cc1cccc(CN2CCCC[C@H]2c2cc(=O)[nH]c(-c3cccnc3)n2)n1. The minimum atomic E-state index is -0.127. The molecule has 0 saturated carbocycles. The van der Waals surface area contributed by atoms with Gasteiger partial charge in [-0.3, -0.25) is 19.7 Å². The number of H-pyrrole nitrogens is 1. The van der Waals surface area contributed by atoms with Crippen LogP contribution in [0.2, 0.25) is 0 Å². The Morgan fingerprint density at radius 2 is 2.11 bits per heavy atom. The number of rotatable bonds is 4. The van der Waals surface area contributed by atoms with E-state index in [0.717, 1.165) is 55.0 Å². The molecule has 1 aliphatic heterocycles. The Hall–Kier alpha value is -2.86. The summed E-state index contributed by atoms with van der Waals surface area (Å²) in [5, 5.41) is 0. The summed E-state index contributed by atoms with van der Waals surface area (Å²) >= 11 is 0. The van der Waals surface area contributed by atoms with Crippen LogP contribution in [0.15, 0.2) is 53.6 Å². The minimum absolute atomic E-state index is 0.124. The molecule has 6 nitrogen and oxygen atoms in total. The summed E-state index contributed by atoms with van der Waals surface area (Å²) in [7, 11) is 0. The van der Waals surface area contributed by atoms with Gasteiger partial charge in [0.25, 0.3) is 5.56 Å². The second kappa shape index (κ2) is 7.80. The number of aromatic amines is 1. The fraction of sp³-hybridized carbons (Fsp3) is 0.333. The summed E-state index contributed by atoms with van der Waals surface area (Å²) < 4.78 is 0. The van der Waals surface area contributed by atoms with Crippen molar-refractivity contribution in [1.29, 1.82) is 0 Å². The van der Waals surface area contributed by atoms with E-state index in [9.17, 15) is 4.79 Å². The third-order valence-electron chi connectivity index (χ3n) is 4.96. The lowest BCUT2D eigenvalue weighted by Gasteiger charge is -2.35. The van der Waals surface area contributed by atoms with Crippen molar-refractivity contribution in [3.63, 3.8) is 0 Å². The Kier molecular flexibility index (Phi) is 5.07. The van der Waals surface area contributed by atoms with Gasteiger partial charge in [0.15, 0.2) is 0 Å². The first kappa shape index (κ1) is 17.5. The van der Waals surface area contributed by atoms with Crippen LogP contribution in [-0.4, -0.2) is 31.4 Å². The average molecular weight is 361 g/mol. The number of hydrogen-bond acceptors (Lipinski definition) is 5. The molecular formula is C21H23N5O. The number of aryl methyl sites for hydroxylation is 1. The van der Waals surface area contributed by atoms with E-state index in [0.29, 0.717) is 5.82 Å². The summed E-state index contributed by atoms with van der Waals surface area (Å²) in [6, 6.07) is 11.6. The highest BCUT2D eigenvalue weighted by Gasteiger charge is 2.26. The standard InChI is InChI=1S/C21H23N5O/c1-15-6-4-8-17(23-15)14-26-11-3-2-9-19(26)18-12-20(27)25-21(24-18)16-7-5-10-22-13-16/h4-8,10,12-13,19H,2-3,9,11,14H2,1H3,(H,24,25,27)/t19-/m0/s1. The summed E-state index contributed by atoms with van der Waals surface area (Å²) in [6.07, 6.45) is 6.72. The molecule has 0 amide bonds. The molecule has 0 spiro atoms. The lowest BCUT2D eigenvalue weighted by Crippen LogP contribution is -2.34. The predicted molar refractivity (Wildman–Crippen MR) is 104 cm³/mol. The third-order valence-corrected chi connectivity index (χ3v) is 4.96. The van der Waals surface area contributed by atoms with Crippen LogP contribution >= 0.6 is 0 Å². The van der Waals surface area contributed by atoms with Gasteiger partial charge in [-0.1, -0.05) is 12.5 Å². The molecule has 0 unspecified atom stereocenters. The molecule has 1 N–H and O–H groups in total. The molecule has 4 heterocycles. The molecule has 6 heteroatoms. The van der Waals surface area contributed by atoms with Crippen LogP contribution in [-0.2, 0) is 6.54 Å². The number of aromatic nitrogens is 4. The minimum Gasteiger partial charge on any atom is -0.306 e. The maximum Gasteiger partial charge on any atom is 0.251 e. The second-order valence-corrected chi connectivity index (χ2v) is 7.01. The highest BCUT2D eigenvalue weighted by Crippen LogP contribution is 2.31. The van der Waals surface area contributed by atoms with E-state index in [-0.39, 0.29) is 11.6 Å². The molecule has 138 valence electrons. The first-order chi connectivity index (χ1) is 13.2. The molecule has 27 heavy (non-hydrogen) atoms. The molecule has 3 aromatic rings. The van der Waals surface area contributed by atoms with Crippen LogP contribution in [0.25, 0.3) is 11.4 Å². The summed E-state index contributed by atoms with van der Waals surface area (Å²) in [5.41, 5.74) is 3.59. The van der Waals surface area contributed by atoms with Gasteiger partial charge in [-0.25, -0.2) is 4.98 Å². The second-order valence-electron chi connectivity index (χ2n) is 7.01. The Bertz CT molecular complexity index is 970. The lowest BCUT2D eigenvalue weighted by atomic mass is 9.98. The lowest BCUT2D eigenvalue weighted by molar-refractivity contribution is 0.135. The van der Waals surface area contributed by atoms with Gasteiger partial charge in [-0.05, 0) is 50.6 Å². The van der Waals surface area contributed by atoms with Crippen molar-refractivity contribution in [2.45, 2.75) is 38.8 Å². The van der Waals surface area contributed by atoms with E-state index >= 15 is 0 Å². The smallest absolute Gasteiger partial charge is 0.251 e. The number of piperidine rings is 1. The van der Waals surface area contributed by atoms with E-state index in [4.69, 9.17) is 4.98 Å². The number of pyridine rings is 2. The van der Waals surface area contributed by atoms with Crippen molar-refractivity contribution in [3.8, 4) is 11.4 Å². The highest BCUT2D eigenvalue weighted by atomic mass is 16.1. The normalized spacial score (nSPS) is 17.7. The maximum atomic E-state index is 12.3. The zero-order valence-electron chi connectivity index (χ0n) is 15.4. The fourth-order valence-electron chi connectivity index (χ4n) is 3.70. The van der Waals surface area contributed by atoms with Crippen LogP contribution in [0.1, 0.15) is 42.4 Å². The molecule has 3 aromatic heterocycles. The van der Waals surface area contributed by atoms with Crippen molar-refractivity contribution in [3.05, 3.63) is 76.2 Å². The number of nitrogens with one attached hydrogen (secondary N) is 1. The predicted octanol–water partition coefficient (Wildman–Crippen LogP) is 3.26. The van der Waals surface area contributed by atoms with Gasteiger partial charge in [0, 0.05) is 36.3 Å². The highest BCUT2D eigenvalue weighted by molar-refractivity contribution is 5.52. The van der Waals surface area contributed by atoms with E-state index in [1.54, 1.807) is 18.5 Å². The van der Waals surface area contributed by atoms with Crippen LogP contribution in [0.3, 0.4) is 0 Å². The molecule has 0 aliphatic carbocycles. The summed E-state index contributed by atoms with van der Waals surface area (Å²) in [4.78, 5) is 31.1. The van der Waals surface area contributed by atoms with Crippen molar-refractivity contribution in [2.24, 2.45) is 0 Å². The molecule has 1 atom stereocenters. The third kappa shape index (κ3) is 4.11. The molecule has 0 aromatic carbocycles. The van der Waals surface area contributed by atoms with E-state index in [2.05, 4.69) is 25.9 Å². The van der Waals surface area contributed by atoms with Gasteiger partial charge in [0.2, 0.25) is 0 Å². The maximum absolute atomic E-state index is 12.3. The van der Waals surface area contributed by atoms with Crippen molar-refractivity contribution in [2.75, 3.05) is 6.54 Å². The fourth-order valence-corrected chi connectivity index (χ4v) is 3.70. The zero-order chi connectivity index (χ0) is 18.6. The van der Waals surface area contributed by atoms with E-state index in [1.807, 2.05) is 31.2 Å². The van der Waals surface area contributed by atoms with E-state index in [1.165, 1.54) is 0 Å². The van der Waals surface area contributed by atoms with Gasteiger partial charge in [0.1, 0.15) is 5.82 Å². The number of hydrogen-bond donors (Lipinski definition) is 1. The molecule has 1 fully saturated rings. The first-order valence-electron chi connectivity index (χ1n) is 9.37. The first-order valence-corrected chi connectivity index (χ1v) is 9.37.